The van der Waals surface area contributed by atoms with Crippen molar-refractivity contribution in [2.24, 2.45) is 0 Å². The number of benzene rings is 1. The Labute approximate surface area is 178 Å². The molecule has 154 valence electrons. The molecule has 0 spiro atoms. The first-order valence-corrected chi connectivity index (χ1v) is 9.99. The fourth-order valence-corrected chi connectivity index (χ4v) is 3.69. The van der Waals surface area contributed by atoms with Gasteiger partial charge >= 0.3 is 5.97 Å². The molecule has 0 aliphatic carbocycles. The number of carbonyl (C=O) groups excluding carboxylic acids is 1. The summed E-state index contributed by atoms with van der Waals surface area (Å²) in [7, 11) is 0. The summed E-state index contributed by atoms with van der Waals surface area (Å²) in [6, 6.07) is 11.1. The molecule has 4 rings (SSSR count). The van der Waals surface area contributed by atoms with E-state index in [4.69, 9.17) is 20.9 Å². The number of aryl methyl sites for hydroxylation is 1. The normalized spacial score (nSPS) is 13.3. The van der Waals surface area contributed by atoms with Crippen LogP contribution < -0.4 is 0 Å². The number of hydrogen-bond donors (Lipinski definition) is 0. The molecule has 0 aliphatic heterocycles. The maximum absolute atomic E-state index is 13.1. The van der Waals surface area contributed by atoms with Crippen molar-refractivity contribution < 1.29 is 14.1 Å². The third kappa shape index (κ3) is 3.57. The Balaban J connectivity index is 1.85. The van der Waals surface area contributed by atoms with Gasteiger partial charge < -0.3 is 9.26 Å². The largest absolute Gasteiger partial charge is 0.465 e. The topological polar surface area (TPSA) is 82.5 Å². The molecule has 0 N–H and O–H groups in total. The Kier molecular flexibility index (Phi) is 5.30. The number of hydrogen-bond acceptors (Lipinski definition) is 6. The fourth-order valence-electron chi connectivity index (χ4n) is 3.56. The summed E-state index contributed by atoms with van der Waals surface area (Å²) in [5.74, 6) is 0.321. The van der Waals surface area contributed by atoms with Crippen LogP contribution in [0.1, 0.15) is 31.0 Å². The Hall–Kier alpha value is -3.19. The molecule has 0 saturated carbocycles. The van der Waals surface area contributed by atoms with Gasteiger partial charge in [-0.3, -0.25) is 4.79 Å². The molecule has 0 aliphatic rings. The highest BCUT2D eigenvalue weighted by atomic mass is 35.5. The van der Waals surface area contributed by atoms with E-state index in [2.05, 4.69) is 15.2 Å². The minimum Gasteiger partial charge on any atom is -0.465 e. The third-order valence-electron chi connectivity index (χ3n) is 5.06. The lowest BCUT2D eigenvalue weighted by molar-refractivity contribution is -0.149. The molecule has 1 atom stereocenters. The van der Waals surface area contributed by atoms with Crippen LogP contribution in [-0.4, -0.2) is 32.3 Å². The Morgan fingerprint density at radius 1 is 1.27 bits per heavy atom. The number of fused-ring (bicyclic) bond motifs is 1. The van der Waals surface area contributed by atoms with Crippen molar-refractivity contribution in [2.45, 2.75) is 32.6 Å². The van der Waals surface area contributed by atoms with Crippen LogP contribution in [0, 0.1) is 6.92 Å². The smallest absolute Gasteiger partial charge is 0.318 e. The van der Waals surface area contributed by atoms with Gasteiger partial charge in [0.25, 0.3) is 0 Å². The zero-order chi connectivity index (χ0) is 21.3. The van der Waals surface area contributed by atoms with Gasteiger partial charge in [-0.15, -0.1) is 0 Å². The van der Waals surface area contributed by atoms with Gasteiger partial charge in [-0.05, 0) is 44.5 Å². The molecule has 30 heavy (non-hydrogen) atoms. The standard InChI is InChI=1S/C22H21ClN4O3/c1-4-29-21(28)22(3,12-17-11-14(2)30-26-17)19-9-10-24-20-18(13-25-27(19)20)15-5-7-16(23)8-6-15/h5-11,13H,4,12H2,1-3H3. The molecule has 1 aromatic carbocycles. The number of carbonyl (C=O) groups is 1. The number of rotatable bonds is 6. The van der Waals surface area contributed by atoms with E-state index in [9.17, 15) is 4.79 Å². The minimum atomic E-state index is -1.04. The zero-order valence-electron chi connectivity index (χ0n) is 16.9. The lowest BCUT2D eigenvalue weighted by Crippen LogP contribution is -2.39. The maximum Gasteiger partial charge on any atom is 0.318 e. The number of esters is 1. The van der Waals surface area contributed by atoms with Crippen LogP contribution in [-0.2, 0) is 21.4 Å². The molecule has 0 saturated heterocycles. The van der Waals surface area contributed by atoms with E-state index < -0.39 is 5.41 Å². The van der Waals surface area contributed by atoms with Gasteiger partial charge in [0.15, 0.2) is 5.65 Å². The molecule has 1 unspecified atom stereocenters. The summed E-state index contributed by atoms with van der Waals surface area (Å²) in [6.07, 6.45) is 3.72. The lowest BCUT2D eigenvalue weighted by Gasteiger charge is -2.27. The summed E-state index contributed by atoms with van der Waals surface area (Å²) >= 11 is 6.02. The second-order valence-electron chi connectivity index (χ2n) is 7.29. The molecule has 0 fully saturated rings. The van der Waals surface area contributed by atoms with Crippen LogP contribution in [0.3, 0.4) is 0 Å². The second-order valence-corrected chi connectivity index (χ2v) is 7.73. The molecule has 0 amide bonds. The monoisotopic (exact) mass is 424 g/mol. The quantitative estimate of drug-likeness (QED) is 0.426. The van der Waals surface area contributed by atoms with E-state index in [1.54, 1.807) is 29.9 Å². The van der Waals surface area contributed by atoms with Crippen molar-refractivity contribution in [3.8, 4) is 11.1 Å². The van der Waals surface area contributed by atoms with E-state index in [-0.39, 0.29) is 12.6 Å². The van der Waals surface area contributed by atoms with Crippen LogP contribution in [0.15, 0.2) is 53.3 Å². The third-order valence-corrected chi connectivity index (χ3v) is 5.31. The first-order valence-electron chi connectivity index (χ1n) is 9.61. The van der Waals surface area contributed by atoms with Gasteiger partial charge in [-0.1, -0.05) is 28.9 Å². The molecule has 0 bridgehead atoms. The molecule has 7 nitrogen and oxygen atoms in total. The van der Waals surface area contributed by atoms with Gasteiger partial charge in [0.05, 0.1) is 24.2 Å². The molecule has 8 heteroatoms. The summed E-state index contributed by atoms with van der Waals surface area (Å²) in [6.45, 7) is 5.70. The van der Waals surface area contributed by atoms with Crippen LogP contribution in [0.4, 0.5) is 0 Å². The number of aromatic nitrogens is 4. The van der Waals surface area contributed by atoms with Gasteiger partial charge in [0.2, 0.25) is 0 Å². The predicted octanol–water partition coefficient (Wildman–Crippen LogP) is 4.41. The van der Waals surface area contributed by atoms with Gasteiger partial charge in [-0.25, -0.2) is 9.50 Å². The molecule has 3 heterocycles. The van der Waals surface area contributed by atoms with Gasteiger partial charge in [0.1, 0.15) is 11.2 Å². The van der Waals surface area contributed by atoms with Gasteiger partial charge in [-0.2, -0.15) is 5.10 Å². The van der Waals surface area contributed by atoms with E-state index in [1.165, 1.54) is 0 Å². The van der Waals surface area contributed by atoms with Crippen molar-refractivity contribution >= 4 is 23.2 Å². The number of nitrogens with zero attached hydrogens (tertiary/aromatic N) is 4. The van der Waals surface area contributed by atoms with E-state index in [0.29, 0.717) is 34.2 Å². The Bertz CT molecular complexity index is 1200. The summed E-state index contributed by atoms with van der Waals surface area (Å²) < 4.78 is 12.3. The predicted molar refractivity (Wildman–Crippen MR) is 112 cm³/mol. The Morgan fingerprint density at radius 3 is 2.70 bits per heavy atom. The van der Waals surface area contributed by atoms with Crippen molar-refractivity contribution in [3.05, 3.63) is 71.0 Å². The first-order chi connectivity index (χ1) is 14.4. The zero-order valence-corrected chi connectivity index (χ0v) is 17.7. The van der Waals surface area contributed by atoms with Crippen LogP contribution in [0.2, 0.25) is 5.02 Å². The van der Waals surface area contributed by atoms with E-state index >= 15 is 0 Å². The Morgan fingerprint density at radius 2 is 2.03 bits per heavy atom. The van der Waals surface area contributed by atoms with Crippen molar-refractivity contribution in [1.29, 1.82) is 0 Å². The van der Waals surface area contributed by atoms with E-state index in [0.717, 1.165) is 11.1 Å². The molecule has 4 aromatic rings. The lowest BCUT2D eigenvalue weighted by atomic mass is 9.81. The highest BCUT2D eigenvalue weighted by Gasteiger charge is 2.40. The van der Waals surface area contributed by atoms with Crippen LogP contribution >= 0.6 is 11.6 Å². The maximum atomic E-state index is 13.1. The fraction of sp³-hybridized carbons (Fsp3) is 0.273. The molecular formula is C22H21ClN4O3. The number of ether oxygens (including phenoxy) is 1. The van der Waals surface area contributed by atoms with Crippen molar-refractivity contribution in [1.82, 2.24) is 19.8 Å². The SMILES string of the molecule is CCOC(=O)C(C)(Cc1cc(C)on1)c1ccnc2c(-c3ccc(Cl)cc3)cnn12. The molecule has 0 radical (unpaired) electrons. The molecular weight excluding hydrogens is 404 g/mol. The molecule has 3 aromatic heterocycles. The van der Waals surface area contributed by atoms with Crippen LogP contribution in [0.5, 0.6) is 0 Å². The highest BCUT2D eigenvalue weighted by molar-refractivity contribution is 6.30. The van der Waals surface area contributed by atoms with Gasteiger partial charge in [0, 0.05) is 29.3 Å². The minimum absolute atomic E-state index is 0.273. The summed E-state index contributed by atoms with van der Waals surface area (Å²) in [4.78, 5) is 17.6. The summed E-state index contributed by atoms with van der Waals surface area (Å²) in [5, 5.41) is 9.27. The van der Waals surface area contributed by atoms with Crippen molar-refractivity contribution in [3.63, 3.8) is 0 Å². The highest BCUT2D eigenvalue weighted by Crippen LogP contribution is 2.32. The van der Waals surface area contributed by atoms with E-state index in [1.807, 2.05) is 44.2 Å². The van der Waals surface area contributed by atoms with Crippen molar-refractivity contribution in [2.75, 3.05) is 6.61 Å². The number of halogens is 1. The second kappa shape index (κ2) is 7.91. The van der Waals surface area contributed by atoms with Crippen LogP contribution in [0.25, 0.3) is 16.8 Å². The average Bonchev–Trinajstić information content (AvgIpc) is 3.34. The average molecular weight is 425 g/mol. The summed E-state index contributed by atoms with van der Waals surface area (Å²) in [5.41, 5.74) is 2.71. The first kappa shape index (κ1) is 20.1.